The normalized spacial score (nSPS) is 6.86. The third-order valence-electron chi connectivity index (χ3n) is 0.500. The first-order valence-electron chi connectivity index (χ1n) is 3.33. The molecule has 0 aromatic rings. The maximum Gasteiger partial charge on any atom is 0 e. The van der Waals surface area contributed by atoms with Crippen molar-refractivity contribution in [2.75, 3.05) is 0 Å². The fraction of sp³-hybridized carbons (Fsp3) is 1.00. The molecule has 0 amide bonds. The second kappa shape index (κ2) is 16.7. The molecule has 0 radical (unpaired) electrons. The van der Waals surface area contributed by atoms with Gasteiger partial charge in [-0.05, 0) is 0 Å². The zero-order chi connectivity index (χ0) is 6.12. The molecule has 48 valence electrons. The van der Waals surface area contributed by atoms with Gasteiger partial charge in [0, 0.05) is 1.43 Å². The summed E-state index contributed by atoms with van der Waals surface area (Å²) < 4.78 is 0. The Morgan fingerprint density at radius 2 is 1.00 bits per heavy atom. The average Bonchev–Trinajstić information content (AvgIpc) is 1.69. The van der Waals surface area contributed by atoms with Crippen LogP contribution >= 0.6 is 0 Å². The van der Waals surface area contributed by atoms with E-state index in [1.54, 1.807) is 0 Å². The topological polar surface area (TPSA) is 0 Å². The predicted octanol–water partition coefficient (Wildman–Crippen LogP) is 3.47. The van der Waals surface area contributed by atoms with Gasteiger partial charge in [-0.1, -0.05) is 47.0 Å². The highest BCUT2D eigenvalue weighted by Gasteiger charge is 1.56. The molecule has 0 aliphatic rings. The van der Waals surface area contributed by atoms with Crippen LogP contribution in [-0.4, -0.2) is 0 Å². The molecule has 0 fully saturated rings. The van der Waals surface area contributed by atoms with Crippen LogP contribution in [0.5, 0.6) is 0 Å². The van der Waals surface area contributed by atoms with E-state index in [2.05, 4.69) is 27.7 Å². The molecule has 0 unspecified atom stereocenters. The summed E-state index contributed by atoms with van der Waals surface area (Å²) in [6.45, 7) is 8.61. The van der Waals surface area contributed by atoms with Crippen LogP contribution in [0.2, 0.25) is 0 Å². The van der Waals surface area contributed by atoms with Crippen molar-refractivity contribution in [3.8, 4) is 0 Å². The minimum Gasteiger partial charge on any atom is -0.0656 e. The number of hydrogen-bond acceptors (Lipinski definition) is 0. The lowest BCUT2D eigenvalue weighted by atomic mass is 10.4. The van der Waals surface area contributed by atoms with E-state index in [1.165, 1.54) is 19.3 Å². The highest BCUT2D eigenvalue weighted by atomic mass is 13.6. The van der Waals surface area contributed by atoms with E-state index >= 15 is 0 Å². The number of hydrogen-bond donors (Lipinski definition) is 0. The Bertz CT molecular complexity index is 11.9. The molecular formula is C7H20. The van der Waals surface area contributed by atoms with Gasteiger partial charge in [-0.25, -0.2) is 0 Å². The minimum atomic E-state index is 0. The monoisotopic (exact) mass is 106 g/mol. The Morgan fingerprint density at radius 1 is 0.857 bits per heavy atom. The molecular weight excluding hydrogens is 84.1 g/mol. The summed E-state index contributed by atoms with van der Waals surface area (Å²) in [6.07, 6.45) is 3.89. The molecule has 0 aliphatic heterocycles. The van der Waals surface area contributed by atoms with Crippen molar-refractivity contribution < 1.29 is 1.43 Å². The summed E-state index contributed by atoms with van der Waals surface area (Å²) in [5, 5.41) is 0. The van der Waals surface area contributed by atoms with Crippen molar-refractivity contribution in [2.24, 2.45) is 0 Å². The van der Waals surface area contributed by atoms with E-state index in [4.69, 9.17) is 0 Å². The van der Waals surface area contributed by atoms with E-state index in [0.29, 0.717) is 0 Å². The molecule has 0 aromatic carbocycles. The molecule has 0 aliphatic carbocycles. The van der Waals surface area contributed by atoms with Crippen LogP contribution in [0.4, 0.5) is 0 Å². The lowest BCUT2D eigenvalue weighted by Crippen LogP contribution is -1.47. The third-order valence-corrected chi connectivity index (χ3v) is 0.500. The summed E-state index contributed by atoms with van der Waals surface area (Å²) in [6, 6.07) is 0. The van der Waals surface area contributed by atoms with Gasteiger partial charge in [-0.2, -0.15) is 0 Å². The first-order chi connectivity index (χ1) is 3.33. The van der Waals surface area contributed by atoms with Crippen LogP contribution in [0, 0.1) is 0 Å². The quantitative estimate of drug-likeness (QED) is 0.480. The van der Waals surface area contributed by atoms with Gasteiger partial charge in [-0.15, -0.1) is 0 Å². The summed E-state index contributed by atoms with van der Waals surface area (Å²) >= 11 is 0. The van der Waals surface area contributed by atoms with Crippen molar-refractivity contribution in [1.29, 1.82) is 0 Å². The van der Waals surface area contributed by atoms with Crippen molar-refractivity contribution in [2.45, 2.75) is 47.0 Å². The zero-order valence-corrected chi connectivity index (χ0v) is 6.12. The second-order valence-corrected chi connectivity index (χ2v) is 1.71. The van der Waals surface area contributed by atoms with Gasteiger partial charge in [0.25, 0.3) is 0 Å². The molecule has 0 heterocycles. The molecule has 0 saturated heterocycles. The molecule has 0 saturated carbocycles. The summed E-state index contributed by atoms with van der Waals surface area (Å²) in [7, 11) is 0. The fourth-order valence-corrected chi connectivity index (χ4v) is 0. The third kappa shape index (κ3) is 96.0. The molecule has 0 spiro atoms. The number of rotatable bonds is 1. The molecule has 0 rings (SSSR count). The molecule has 0 aromatic heterocycles. The van der Waals surface area contributed by atoms with Crippen molar-refractivity contribution in [3.63, 3.8) is 0 Å². The van der Waals surface area contributed by atoms with Crippen LogP contribution in [0.25, 0.3) is 0 Å². The molecule has 0 nitrogen and oxygen atoms in total. The Morgan fingerprint density at radius 3 is 1.00 bits per heavy atom. The first kappa shape index (κ1) is 10.1. The Kier molecular flexibility index (Phi) is 24.0. The van der Waals surface area contributed by atoms with Crippen LogP contribution < -0.4 is 0 Å². The van der Waals surface area contributed by atoms with Gasteiger partial charge in [0.2, 0.25) is 0 Å². The fourth-order valence-electron chi connectivity index (χ4n) is 0. The zero-order valence-electron chi connectivity index (χ0n) is 6.12. The smallest absolute Gasteiger partial charge is 0 e. The van der Waals surface area contributed by atoms with Crippen molar-refractivity contribution >= 4 is 0 Å². The minimum absolute atomic E-state index is 0. The first-order valence-corrected chi connectivity index (χ1v) is 3.33. The largest absolute Gasteiger partial charge is 0.0656 e. The van der Waals surface area contributed by atoms with Gasteiger partial charge in [0.1, 0.15) is 0 Å². The van der Waals surface area contributed by atoms with E-state index in [0.717, 1.165) is 0 Å². The van der Waals surface area contributed by atoms with E-state index in [-0.39, 0.29) is 1.43 Å². The number of unbranched alkanes of at least 4 members (excludes halogenated alkanes) is 1. The molecule has 0 bridgehead atoms. The van der Waals surface area contributed by atoms with Crippen LogP contribution in [0.1, 0.15) is 48.4 Å². The van der Waals surface area contributed by atoms with Crippen molar-refractivity contribution in [3.05, 3.63) is 0 Å². The summed E-state index contributed by atoms with van der Waals surface area (Å²) in [5.74, 6) is 0. The Balaban J connectivity index is -0.0000000575. The molecule has 7 heavy (non-hydrogen) atoms. The maximum absolute atomic E-state index is 2.18. The Hall–Kier alpha value is 0. The Labute approximate surface area is 49.4 Å². The van der Waals surface area contributed by atoms with Gasteiger partial charge >= 0.3 is 0 Å². The highest BCUT2D eigenvalue weighted by Crippen LogP contribution is 1.76. The van der Waals surface area contributed by atoms with Gasteiger partial charge in [0.15, 0.2) is 0 Å². The van der Waals surface area contributed by atoms with Crippen LogP contribution in [0.3, 0.4) is 0 Å². The predicted molar refractivity (Wildman–Crippen MR) is 38.7 cm³/mol. The molecule has 0 N–H and O–H groups in total. The molecule has 0 heteroatoms. The summed E-state index contributed by atoms with van der Waals surface area (Å²) in [5.41, 5.74) is 0. The highest BCUT2D eigenvalue weighted by molar-refractivity contribution is 4.12. The second-order valence-electron chi connectivity index (χ2n) is 1.71. The SMILES string of the molecule is CCC.CCCC.[3HH]. The standard InChI is InChI=1S/C4H10.C3H8.H2/c1-3-4-2;1-3-2;/h3-4H2,1-2H3;3H2,1-2H3;1H/i;;1+2. The van der Waals surface area contributed by atoms with Crippen LogP contribution in [-0.2, 0) is 0 Å². The van der Waals surface area contributed by atoms with Gasteiger partial charge in [-0.3, -0.25) is 0 Å². The average molecular weight is 106 g/mol. The maximum atomic E-state index is 2.18. The lowest BCUT2D eigenvalue weighted by molar-refractivity contribution is 0.886. The summed E-state index contributed by atoms with van der Waals surface area (Å²) in [4.78, 5) is 0. The lowest BCUT2D eigenvalue weighted by Gasteiger charge is -1.68. The van der Waals surface area contributed by atoms with Gasteiger partial charge in [0.05, 0.1) is 0 Å². The van der Waals surface area contributed by atoms with E-state index < -0.39 is 0 Å². The van der Waals surface area contributed by atoms with E-state index in [9.17, 15) is 0 Å². The van der Waals surface area contributed by atoms with E-state index in [1.807, 2.05) is 0 Å². The van der Waals surface area contributed by atoms with Crippen molar-refractivity contribution in [1.82, 2.24) is 0 Å². The van der Waals surface area contributed by atoms with Crippen LogP contribution in [0.15, 0.2) is 0 Å². The molecule has 0 atom stereocenters. The van der Waals surface area contributed by atoms with Gasteiger partial charge < -0.3 is 0 Å².